The number of anilines is 1. The Morgan fingerprint density at radius 2 is 1.59 bits per heavy atom. The number of nitrogens with zero attached hydrogens (tertiary/aromatic N) is 1. The lowest BCUT2D eigenvalue weighted by atomic mass is 10.1. The van der Waals surface area contributed by atoms with E-state index in [0.29, 0.717) is 27.1 Å². The maximum Gasteiger partial charge on any atom is 0.273 e. The van der Waals surface area contributed by atoms with Crippen LogP contribution in [0.1, 0.15) is 26.3 Å². The molecule has 3 aromatic rings. The molecular formula is C23H19BrFN3O4. The second-order valence-electron chi connectivity index (χ2n) is 6.50. The summed E-state index contributed by atoms with van der Waals surface area (Å²) < 4.78 is 24.0. The van der Waals surface area contributed by atoms with Crippen LogP contribution in [0.15, 0.2) is 70.2 Å². The fourth-order valence-electron chi connectivity index (χ4n) is 2.72. The highest BCUT2D eigenvalue weighted by atomic mass is 79.9. The molecular weight excluding hydrogens is 481 g/mol. The highest BCUT2D eigenvalue weighted by molar-refractivity contribution is 9.10. The Morgan fingerprint density at radius 1 is 0.938 bits per heavy atom. The van der Waals surface area contributed by atoms with Crippen molar-refractivity contribution in [3.05, 3.63) is 87.6 Å². The minimum absolute atomic E-state index is 0.193. The zero-order valence-corrected chi connectivity index (χ0v) is 18.8. The second kappa shape index (κ2) is 10.5. The van der Waals surface area contributed by atoms with Crippen LogP contribution in [0.4, 0.5) is 10.1 Å². The largest absolute Gasteiger partial charge is 0.497 e. The molecule has 3 aromatic carbocycles. The molecule has 0 aliphatic rings. The SMILES string of the molecule is COc1cc(OC)cc(C(=O)Nc2ccc(Br)cc2C(=O)NN=Cc2ccc(F)cc2)c1. The third kappa shape index (κ3) is 5.92. The van der Waals surface area contributed by atoms with E-state index in [1.165, 1.54) is 44.7 Å². The van der Waals surface area contributed by atoms with Crippen molar-refractivity contribution < 1.29 is 23.5 Å². The number of carbonyl (C=O) groups excluding carboxylic acids is 2. The van der Waals surface area contributed by atoms with Gasteiger partial charge in [0.05, 0.1) is 31.7 Å². The van der Waals surface area contributed by atoms with Crippen molar-refractivity contribution in [3.8, 4) is 11.5 Å². The van der Waals surface area contributed by atoms with Gasteiger partial charge < -0.3 is 14.8 Å². The molecule has 0 bridgehead atoms. The number of amides is 2. The van der Waals surface area contributed by atoms with Crippen LogP contribution in [-0.2, 0) is 0 Å². The quantitative estimate of drug-likeness (QED) is 0.366. The van der Waals surface area contributed by atoms with Crippen LogP contribution in [0.3, 0.4) is 0 Å². The van der Waals surface area contributed by atoms with E-state index in [0.717, 1.165) is 0 Å². The Hall–Kier alpha value is -3.72. The van der Waals surface area contributed by atoms with Crippen molar-refractivity contribution in [2.45, 2.75) is 0 Å². The summed E-state index contributed by atoms with van der Waals surface area (Å²) in [5, 5.41) is 6.62. The standard InChI is InChI=1S/C23H19BrFN3O4/c1-31-18-9-15(10-19(12-18)32-2)22(29)27-21-8-5-16(24)11-20(21)23(30)28-26-13-14-3-6-17(25)7-4-14/h3-13H,1-2H3,(H,27,29)(H,28,30). The van der Waals surface area contributed by atoms with Crippen LogP contribution in [0.25, 0.3) is 0 Å². The van der Waals surface area contributed by atoms with Crippen molar-refractivity contribution in [3.63, 3.8) is 0 Å². The summed E-state index contributed by atoms with van der Waals surface area (Å²) >= 11 is 3.33. The predicted octanol–water partition coefficient (Wildman–Crippen LogP) is 4.62. The minimum Gasteiger partial charge on any atom is -0.497 e. The van der Waals surface area contributed by atoms with Crippen molar-refractivity contribution in [1.82, 2.24) is 5.43 Å². The number of hydrazone groups is 1. The van der Waals surface area contributed by atoms with E-state index in [1.807, 2.05) is 0 Å². The molecule has 0 radical (unpaired) electrons. The Bertz CT molecular complexity index is 1140. The molecule has 2 amide bonds. The number of methoxy groups -OCH3 is 2. The van der Waals surface area contributed by atoms with Crippen molar-refractivity contribution in [1.29, 1.82) is 0 Å². The van der Waals surface area contributed by atoms with Crippen LogP contribution in [0, 0.1) is 5.82 Å². The number of benzene rings is 3. The first-order valence-corrected chi connectivity index (χ1v) is 10.1. The number of hydrogen-bond acceptors (Lipinski definition) is 5. The van der Waals surface area contributed by atoms with Gasteiger partial charge in [0.15, 0.2) is 0 Å². The second-order valence-corrected chi connectivity index (χ2v) is 7.41. The molecule has 0 atom stereocenters. The van der Waals surface area contributed by atoms with Crippen molar-refractivity contribution in [2.75, 3.05) is 19.5 Å². The number of rotatable bonds is 7. The molecule has 32 heavy (non-hydrogen) atoms. The van der Waals surface area contributed by atoms with Gasteiger partial charge in [0.1, 0.15) is 17.3 Å². The fraction of sp³-hybridized carbons (Fsp3) is 0.0870. The topological polar surface area (TPSA) is 89.0 Å². The van der Waals surface area contributed by atoms with Crippen LogP contribution >= 0.6 is 15.9 Å². The summed E-state index contributed by atoms with van der Waals surface area (Å²) in [7, 11) is 2.97. The molecule has 0 aliphatic carbocycles. The lowest BCUT2D eigenvalue weighted by Gasteiger charge is -2.12. The zero-order valence-electron chi connectivity index (χ0n) is 17.2. The molecule has 0 aliphatic heterocycles. The monoisotopic (exact) mass is 499 g/mol. The molecule has 0 saturated carbocycles. The van der Waals surface area contributed by atoms with E-state index < -0.39 is 11.8 Å². The van der Waals surface area contributed by atoms with E-state index in [1.54, 1.807) is 36.4 Å². The van der Waals surface area contributed by atoms with Gasteiger partial charge >= 0.3 is 0 Å². The smallest absolute Gasteiger partial charge is 0.273 e. The Balaban J connectivity index is 1.79. The molecule has 0 heterocycles. The summed E-state index contributed by atoms with van der Waals surface area (Å²) in [4.78, 5) is 25.5. The van der Waals surface area contributed by atoms with E-state index in [9.17, 15) is 14.0 Å². The van der Waals surface area contributed by atoms with Gasteiger partial charge in [0.25, 0.3) is 11.8 Å². The van der Waals surface area contributed by atoms with E-state index in [4.69, 9.17) is 9.47 Å². The number of nitrogens with one attached hydrogen (secondary N) is 2. The molecule has 0 saturated heterocycles. The minimum atomic E-state index is -0.539. The normalized spacial score (nSPS) is 10.6. The average molecular weight is 500 g/mol. The van der Waals surface area contributed by atoms with Gasteiger partial charge in [-0.1, -0.05) is 28.1 Å². The summed E-state index contributed by atoms with van der Waals surface area (Å²) in [5.41, 5.74) is 3.79. The molecule has 0 unspecified atom stereocenters. The van der Waals surface area contributed by atoms with Gasteiger partial charge in [0, 0.05) is 16.1 Å². The third-order valence-corrected chi connectivity index (χ3v) is 4.83. The van der Waals surface area contributed by atoms with Crippen LogP contribution < -0.4 is 20.2 Å². The van der Waals surface area contributed by atoms with Crippen LogP contribution in [0.2, 0.25) is 0 Å². The number of hydrogen-bond donors (Lipinski definition) is 2. The lowest BCUT2D eigenvalue weighted by molar-refractivity contribution is 0.0956. The van der Waals surface area contributed by atoms with Crippen molar-refractivity contribution in [2.24, 2.45) is 5.10 Å². The summed E-state index contributed by atoms with van der Waals surface area (Å²) in [6.07, 6.45) is 1.39. The Kier molecular flexibility index (Phi) is 7.56. The number of halogens is 2. The molecule has 0 aromatic heterocycles. The van der Waals surface area contributed by atoms with Crippen LogP contribution in [0.5, 0.6) is 11.5 Å². The van der Waals surface area contributed by atoms with E-state index >= 15 is 0 Å². The highest BCUT2D eigenvalue weighted by Gasteiger charge is 2.16. The van der Waals surface area contributed by atoms with Gasteiger partial charge in [-0.3, -0.25) is 9.59 Å². The Morgan fingerprint density at radius 3 is 2.22 bits per heavy atom. The molecule has 164 valence electrons. The summed E-state index contributed by atoms with van der Waals surface area (Å²) in [5.74, 6) is -0.442. The van der Waals surface area contributed by atoms with Gasteiger partial charge in [-0.25, -0.2) is 9.82 Å². The third-order valence-electron chi connectivity index (χ3n) is 4.34. The molecule has 0 spiro atoms. The van der Waals surface area contributed by atoms with E-state index in [2.05, 4.69) is 31.8 Å². The maximum absolute atomic E-state index is 13.0. The molecule has 9 heteroatoms. The first-order valence-electron chi connectivity index (χ1n) is 9.32. The van der Waals surface area contributed by atoms with E-state index in [-0.39, 0.29) is 17.1 Å². The fourth-order valence-corrected chi connectivity index (χ4v) is 3.08. The van der Waals surface area contributed by atoms with Gasteiger partial charge in [-0.15, -0.1) is 0 Å². The first-order chi connectivity index (χ1) is 15.4. The number of carbonyl (C=O) groups is 2. The zero-order chi connectivity index (χ0) is 23.1. The first kappa shape index (κ1) is 23.0. The molecule has 0 fully saturated rings. The maximum atomic E-state index is 13.0. The predicted molar refractivity (Wildman–Crippen MR) is 123 cm³/mol. The highest BCUT2D eigenvalue weighted by Crippen LogP contribution is 2.25. The van der Waals surface area contributed by atoms with Crippen LogP contribution in [-0.4, -0.2) is 32.2 Å². The summed E-state index contributed by atoms with van der Waals surface area (Å²) in [6, 6.07) is 15.2. The number of ether oxygens (including phenoxy) is 2. The van der Waals surface area contributed by atoms with Gasteiger partial charge in [-0.2, -0.15) is 5.10 Å². The van der Waals surface area contributed by atoms with Gasteiger partial charge in [-0.05, 0) is 48.0 Å². The van der Waals surface area contributed by atoms with Gasteiger partial charge in [0.2, 0.25) is 0 Å². The Labute approximate surface area is 192 Å². The molecule has 7 nitrogen and oxygen atoms in total. The molecule has 2 N–H and O–H groups in total. The summed E-state index contributed by atoms with van der Waals surface area (Å²) in [6.45, 7) is 0. The average Bonchev–Trinajstić information content (AvgIpc) is 2.80. The lowest BCUT2D eigenvalue weighted by Crippen LogP contribution is -2.21. The van der Waals surface area contributed by atoms with Crippen molar-refractivity contribution >= 4 is 39.6 Å². The molecule has 3 rings (SSSR count).